The Morgan fingerprint density at radius 1 is 1.47 bits per heavy atom. The highest BCUT2D eigenvalue weighted by Crippen LogP contribution is 2.44. The number of aryl methyl sites for hydroxylation is 2. The van der Waals surface area contributed by atoms with E-state index in [0.717, 1.165) is 30.1 Å². The molecule has 0 saturated heterocycles. The van der Waals surface area contributed by atoms with Crippen LogP contribution in [0.1, 0.15) is 38.6 Å². The van der Waals surface area contributed by atoms with Gasteiger partial charge in [0.15, 0.2) is 0 Å². The highest BCUT2D eigenvalue weighted by atomic mass is 16.5. The number of anilines is 1. The van der Waals surface area contributed by atoms with Gasteiger partial charge in [-0.25, -0.2) is 0 Å². The SMILES string of the molecule is CCOC1CC(Nc2c(C)n[nH]c2C)C1(C)C. The van der Waals surface area contributed by atoms with Gasteiger partial charge >= 0.3 is 0 Å². The normalized spacial score (nSPS) is 26.6. The monoisotopic (exact) mass is 237 g/mol. The van der Waals surface area contributed by atoms with Gasteiger partial charge in [0.2, 0.25) is 0 Å². The minimum absolute atomic E-state index is 0.187. The maximum Gasteiger partial charge on any atom is 0.0825 e. The van der Waals surface area contributed by atoms with Gasteiger partial charge in [-0.05, 0) is 27.2 Å². The Balaban J connectivity index is 2.03. The second kappa shape index (κ2) is 4.33. The van der Waals surface area contributed by atoms with E-state index >= 15 is 0 Å². The summed E-state index contributed by atoms with van der Waals surface area (Å²) in [5.41, 5.74) is 3.49. The van der Waals surface area contributed by atoms with Gasteiger partial charge in [0.05, 0.1) is 23.2 Å². The summed E-state index contributed by atoms with van der Waals surface area (Å²) < 4.78 is 5.74. The number of aromatic nitrogens is 2. The molecule has 1 aromatic rings. The first-order chi connectivity index (χ1) is 7.96. The van der Waals surface area contributed by atoms with Crippen LogP contribution in [0.2, 0.25) is 0 Å². The number of H-pyrrole nitrogens is 1. The first kappa shape index (κ1) is 12.4. The molecule has 0 aliphatic heterocycles. The van der Waals surface area contributed by atoms with Crippen molar-refractivity contribution in [2.75, 3.05) is 11.9 Å². The molecule has 17 heavy (non-hydrogen) atoms. The van der Waals surface area contributed by atoms with Crippen LogP contribution in [-0.2, 0) is 4.74 Å². The maximum absolute atomic E-state index is 5.74. The maximum atomic E-state index is 5.74. The largest absolute Gasteiger partial charge is 0.379 e. The molecule has 96 valence electrons. The van der Waals surface area contributed by atoms with Crippen molar-refractivity contribution < 1.29 is 4.74 Å². The van der Waals surface area contributed by atoms with Crippen LogP contribution in [-0.4, -0.2) is 29.0 Å². The third-order valence-corrected chi connectivity index (χ3v) is 3.99. The molecule has 0 bridgehead atoms. The molecular weight excluding hydrogens is 214 g/mol. The minimum atomic E-state index is 0.187. The van der Waals surface area contributed by atoms with Crippen LogP contribution in [0.3, 0.4) is 0 Å². The van der Waals surface area contributed by atoms with Crippen molar-refractivity contribution in [1.29, 1.82) is 0 Å². The molecule has 2 atom stereocenters. The van der Waals surface area contributed by atoms with E-state index in [2.05, 4.69) is 36.3 Å². The Labute approximate surface area is 103 Å². The fraction of sp³-hybridized carbons (Fsp3) is 0.769. The molecule has 0 radical (unpaired) electrons. The van der Waals surface area contributed by atoms with Crippen LogP contribution in [0, 0.1) is 19.3 Å². The van der Waals surface area contributed by atoms with Crippen LogP contribution in [0.25, 0.3) is 0 Å². The third kappa shape index (κ3) is 2.06. The molecule has 1 saturated carbocycles. The van der Waals surface area contributed by atoms with E-state index in [9.17, 15) is 0 Å². The Morgan fingerprint density at radius 2 is 2.18 bits per heavy atom. The number of ether oxygens (including phenoxy) is 1. The lowest BCUT2D eigenvalue weighted by atomic mass is 9.64. The lowest BCUT2D eigenvalue weighted by Crippen LogP contribution is -2.58. The number of hydrogen-bond donors (Lipinski definition) is 2. The van der Waals surface area contributed by atoms with Gasteiger partial charge in [-0.2, -0.15) is 5.10 Å². The Kier molecular flexibility index (Phi) is 3.17. The zero-order valence-electron chi connectivity index (χ0n) is 11.4. The molecule has 1 aliphatic rings. The van der Waals surface area contributed by atoms with Crippen LogP contribution in [0.5, 0.6) is 0 Å². The number of nitrogens with one attached hydrogen (secondary N) is 2. The molecular formula is C13H23N3O. The second-order valence-electron chi connectivity index (χ2n) is 5.51. The van der Waals surface area contributed by atoms with E-state index < -0.39 is 0 Å². The summed E-state index contributed by atoms with van der Waals surface area (Å²) in [5.74, 6) is 0. The van der Waals surface area contributed by atoms with Crippen molar-refractivity contribution in [2.24, 2.45) is 5.41 Å². The molecule has 4 heteroatoms. The molecule has 2 unspecified atom stereocenters. The summed E-state index contributed by atoms with van der Waals surface area (Å²) in [6.45, 7) is 11.5. The topological polar surface area (TPSA) is 49.9 Å². The van der Waals surface area contributed by atoms with E-state index in [1.165, 1.54) is 0 Å². The summed E-state index contributed by atoms with van der Waals surface area (Å²) in [4.78, 5) is 0. The number of hydrogen-bond acceptors (Lipinski definition) is 3. The van der Waals surface area contributed by atoms with Crippen molar-refractivity contribution in [3.8, 4) is 0 Å². The fourth-order valence-electron chi connectivity index (χ4n) is 2.55. The molecule has 0 amide bonds. The van der Waals surface area contributed by atoms with Gasteiger partial charge in [-0.3, -0.25) is 5.10 Å². The molecule has 0 aromatic carbocycles. The molecule has 0 spiro atoms. The standard InChI is InChI=1S/C13H23N3O/c1-6-17-11-7-10(13(11,4)5)14-12-8(2)15-16-9(12)3/h10-11,14H,6-7H2,1-5H3,(H,15,16). The van der Waals surface area contributed by atoms with Gasteiger partial charge in [-0.1, -0.05) is 13.8 Å². The van der Waals surface area contributed by atoms with Crippen molar-refractivity contribution >= 4 is 5.69 Å². The van der Waals surface area contributed by atoms with Gasteiger partial charge < -0.3 is 10.1 Å². The summed E-state index contributed by atoms with van der Waals surface area (Å²) >= 11 is 0. The highest BCUT2D eigenvalue weighted by Gasteiger charge is 2.49. The highest BCUT2D eigenvalue weighted by molar-refractivity contribution is 5.53. The predicted molar refractivity (Wildman–Crippen MR) is 69.3 cm³/mol. The summed E-state index contributed by atoms with van der Waals surface area (Å²) in [6, 6.07) is 0.467. The average Bonchev–Trinajstić information content (AvgIpc) is 2.58. The van der Waals surface area contributed by atoms with Crippen molar-refractivity contribution in [3.05, 3.63) is 11.4 Å². The van der Waals surface area contributed by atoms with Crippen LogP contribution in [0.15, 0.2) is 0 Å². The van der Waals surface area contributed by atoms with Crippen molar-refractivity contribution in [2.45, 2.75) is 53.2 Å². The summed E-state index contributed by atoms with van der Waals surface area (Å²) in [7, 11) is 0. The Bertz CT molecular complexity index is 378. The van der Waals surface area contributed by atoms with E-state index in [1.807, 2.05) is 13.8 Å². The zero-order valence-corrected chi connectivity index (χ0v) is 11.4. The van der Waals surface area contributed by atoms with Crippen molar-refractivity contribution in [1.82, 2.24) is 10.2 Å². The van der Waals surface area contributed by atoms with Crippen LogP contribution >= 0.6 is 0 Å². The van der Waals surface area contributed by atoms with Crippen molar-refractivity contribution in [3.63, 3.8) is 0 Å². The third-order valence-electron chi connectivity index (χ3n) is 3.99. The number of aromatic amines is 1. The molecule has 1 aromatic heterocycles. The molecule has 1 aliphatic carbocycles. The lowest BCUT2D eigenvalue weighted by Gasteiger charge is -2.52. The summed E-state index contributed by atoms with van der Waals surface area (Å²) in [6.07, 6.45) is 1.45. The second-order valence-corrected chi connectivity index (χ2v) is 5.51. The van der Waals surface area contributed by atoms with Crippen LogP contribution in [0.4, 0.5) is 5.69 Å². The number of rotatable bonds is 4. The quantitative estimate of drug-likeness (QED) is 0.846. The minimum Gasteiger partial charge on any atom is -0.379 e. The van der Waals surface area contributed by atoms with Gasteiger partial charge in [0, 0.05) is 18.1 Å². The lowest BCUT2D eigenvalue weighted by molar-refractivity contribution is -0.0976. The summed E-state index contributed by atoms with van der Waals surface area (Å²) in [5, 5.41) is 10.8. The zero-order chi connectivity index (χ0) is 12.6. The van der Waals surface area contributed by atoms with E-state index in [0.29, 0.717) is 12.1 Å². The Morgan fingerprint density at radius 3 is 2.65 bits per heavy atom. The van der Waals surface area contributed by atoms with Gasteiger partial charge in [0.25, 0.3) is 0 Å². The smallest absolute Gasteiger partial charge is 0.0825 e. The molecule has 2 rings (SSSR count). The number of nitrogens with zero attached hydrogens (tertiary/aromatic N) is 1. The van der Waals surface area contributed by atoms with Gasteiger partial charge in [-0.15, -0.1) is 0 Å². The average molecular weight is 237 g/mol. The molecule has 1 heterocycles. The Hall–Kier alpha value is -1.03. The van der Waals surface area contributed by atoms with Gasteiger partial charge in [0.1, 0.15) is 0 Å². The van der Waals surface area contributed by atoms with Crippen LogP contribution < -0.4 is 5.32 Å². The fourth-order valence-corrected chi connectivity index (χ4v) is 2.55. The van der Waals surface area contributed by atoms with E-state index in [1.54, 1.807) is 0 Å². The first-order valence-electron chi connectivity index (χ1n) is 6.36. The van der Waals surface area contributed by atoms with E-state index in [4.69, 9.17) is 4.74 Å². The van der Waals surface area contributed by atoms with E-state index in [-0.39, 0.29) is 5.41 Å². The molecule has 4 nitrogen and oxygen atoms in total. The molecule has 1 fully saturated rings. The molecule has 2 N–H and O–H groups in total. The predicted octanol–water partition coefficient (Wildman–Crippen LogP) is 2.64. The first-order valence-corrected chi connectivity index (χ1v) is 6.36.